The van der Waals surface area contributed by atoms with E-state index in [1.807, 2.05) is 25.1 Å². The second-order valence-corrected chi connectivity index (χ2v) is 1.47. The molecular weight excluding hydrogens is 173 g/mol. The number of rotatable bonds is 0. The van der Waals surface area contributed by atoms with Gasteiger partial charge in [0.2, 0.25) is 0 Å². The van der Waals surface area contributed by atoms with E-state index in [0.717, 1.165) is 5.69 Å². The Morgan fingerprint density at radius 1 is 1.20 bits per heavy atom. The molecule has 1 aromatic rings. The first-order valence-electron chi connectivity index (χ1n) is 2.27. The Kier molecular flexibility index (Phi) is 14.7. The molecule has 0 aliphatic rings. The summed E-state index contributed by atoms with van der Waals surface area (Å²) in [5.74, 6) is 0. The van der Waals surface area contributed by atoms with E-state index in [1.54, 1.807) is 6.20 Å². The zero-order valence-electron chi connectivity index (χ0n) is 4.96. The van der Waals surface area contributed by atoms with Gasteiger partial charge in [0.15, 0.2) is 0 Å². The zero-order valence-corrected chi connectivity index (χ0v) is 7.93. The third-order valence-electron chi connectivity index (χ3n) is 0.813. The minimum atomic E-state index is 0. The normalized spacial score (nSPS) is 6.10. The van der Waals surface area contributed by atoms with Crippen molar-refractivity contribution in [2.24, 2.45) is 0 Å². The first-order chi connectivity index (χ1) is 3.39. The largest absolute Gasteiger partial charge is 2.00 e. The summed E-state index contributed by atoms with van der Waals surface area (Å²) < 4.78 is 0. The van der Waals surface area contributed by atoms with E-state index in [1.165, 1.54) is 0 Å². The zero-order chi connectivity index (χ0) is 5.11. The predicted octanol–water partition coefficient (Wildman–Crippen LogP) is -1.52. The first-order valence-corrected chi connectivity index (χ1v) is 2.27. The van der Waals surface area contributed by atoms with Crippen molar-refractivity contribution < 1.29 is 19.5 Å². The number of nitrogens with zero attached hydrogens (tertiary/aromatic N) is 1. The maximum Gasteiger partial charge on any atom is 2.00 e. The molecular formula is C6H15B2NZn. The Bertz CT molecular complexity index is 146. The van der Waals surface area contributed by atoms with Gasteiger partial charge in [0.25, 0.3) is 0 Å². The fourth-order valence-corrected chi connectivity index (χ4v) is 0.448. The third kappa shape index (κ3) is 6.03. The van der Waals surface area contributed by atoms with Crippen LogP contribution in [-0.4, -0.2) is 21.8 Å². The van der Waals surface area contributed by atoms with Crippen LogP contribution in [-0.2, 0) is 19.5 Å². The Labute approximate surface area is 78.5 Å². The van der Waals surface area contributed by atoms with Gasteiger partial charge in [-0.2, -0.15) is 0 Å². The minimum absolute atomic E-state index is 0. The molecule has 0 atom stereocenters. The molecule has 1 rings (SSSR count). The van der Waals surface area contributed by atoms with Crippen molar-refractivity contribution in [2.75, 3.05) is 0 Å². The molecule has 0 bridgehead atoms. The van der Waals surface area contributed by atoms with E-state index in [4.69, 9.17) is 0 Å². The summed E-state index contributed by atoms with van der Waals surface area (Å²) in [6, 6.07) is 5.86. The molecule has 0 fully saturated rings. The van der Waals surface area contributed by atoms with Crippen molar-refractivity contribution in [2.45, 2.75) is 6.92 Å². The van der Waals surface area contributed by atoms with Crippen molar-refractivity contribution >= 4 is 16.8 Å². The van der Waals surface area contributed by atoms with Gasteiger partial charge in [-0.05, 0) is 19.1 Å². The van der Waals surface area contributed by atoms with Gasteiger partial charge in [0.05, 0.1) is 0 Å². The van der Waals surface area contributed by atoms with Crippen LogP contribution < -0.4 is 0 Å². The van der Waals surface area contributed by atoms with Crippen LogP contribution in [0.15, 0.2) is 24.4 Å². The van der Waals surface area contributed by atoms with E-state index in [0.29, 0.717) is 0 Å². The van der Waals surface area contributed by atoms with Crippen molar-refractivity contribution in [3.05, 3.63) is 30.1 Å². The van der Waals surface area contributed by atoms with Gasteiger partial charge in [0.1, 0.15) is 0 Å². The van der Waals surface area contributed by atoms with Crippen LogP contribution in [0, 0.1) is 6.92 Å². The quantitative estimate of drug-likeness (QED) is 0.451. The van der Waals surface area contributed by atoms with Gasteiger partial charge in [-0.3, -0.25) is 4.98 Å². The summed E-state index contributed by atoms with van der Waals surface area (Å²) in [4.78, 5) is 3.98. The average Bonchev–Trinajstić information content (AvgIpc) is 1.69. The van der Waals surface area contributed by atoms with Crippen molar-refractivity contribution in [3.8, 4) is 0 Å². The maximum atomic E-state index is 3.98. The van der Waals surface area contributed by atoms with Gasteiger partial charge in [-0.15, -0.1) is 0 Å². The Balaban J connectivity index is -0.000000163. The Hall–Kier alpha value is -0.0968. The van der Waals surface area contributed by atoms with Gasteiger partial charge in [-0.25, -0.2) is 0 Å². The SMILES string of the molecule is Cc1ccccn1.[BH4-].[BH4-].[Zn+2]. The molecule has 0 N–H and O–H groups in total. The molecule has 0 saturated heterocycles. The summed E-state index contributed by atoms with van der Waals surface area (Å²) in [5.41, 5.74) is 1.07. The molecule has 0 spiro atoms. The van der Waals surface area contributed by atoms with Crippen LogP contribution >= 0.6 is 0 Å². The van der Waals surface area contributed by atoms with Gasteiger partial charge in [0, 0.05) is 11.9 Å². The van der Waals surface area contributed by atoms with Crippen LogP contribution in [0.4, 0.5) is 0 Å². The van der Waals surface area contributed by atoms with Crippen LogP contribution in [0.25, 0.3) is 0 Å². The van der Waals surface area contributed by atoms with E-state index in [2.05, 4.69) is 4.98 Å². The molecule has 0 unspecified atom stereocenters. The van der Waals surface area contributed by atoms with Gasteiger partial charge in [-0.1, -0.05) is 22.9 Å². The van der Waals surface area contributed by atoms with Crippen LogP contribution in [0.3, 0.4) is 0 Å². The number of aryl methyl sites for hydroxylation is 1. The van der Waals surface area contributed by atoms with Crippen molar-refractivity contribution in [1.29, 1.82) is 0 Å². The molecule has 4 heteroatoms. The average molecular weight is 188 g/mol. The molecule has 0 amide bonds. The van der Waals surface area contributed by atoms with E-state index in [9.17, 15) is 0 Å². The van der Waals surface area contributed by atoms with E-state index in [-0.39, 0.29) is 36.3 Å². The van der Waals surface area contributed by atoms with E-state index >= 15 is 0 Å². The number of hydrogen-bond acceptors (Lipinski definition) is 1. The minimum Gasteiger partial charge on any atom is -0.262 e. The predicted molar refractivity (Wildman–Crippen MR) is 51.6 cm³/mol. The maximum absolute atomic E-state index is 3.98. The number of pyridine rings is 1. The third-order valence-corrected chi connectivity index (χ3v) is 0.813. The fraction of sp³-hybridized carbons (Fsp3) is 0.167. The van der Waals surface area contributed by atoms with Crippen molar-refractivity contribution in [1.82, 2.24) is 4.98 Å². The molecule has 0 aromatic carbocycles. The van der Waals surface area contributed by atoms with Gasteiger partial charge >= 0.3 is 19.5 Å². The molecule has 52 valence electrons. The van der Waals surface area contributed by atoms with Gasteiger partial charge < -0.3 is 0 Å². The van der Waals surface area contributed by atoms with E-state index < -0.39 is 0 Å². The summed E-state index contributed by atoms with van der Waals surface area (Å²) in [7, 11) is 0. The van der Waals surface area contributed by atoms with Crippen molar-refractivity contribution in [3.63, 3.8) is 0 Å². The topological polar surface area (TPSA) is 12.9 Å². The molecule has 1 aromatic heterocycles. The van der Waals surface area contributed by atoms with Crippen LogP contribution in [0.1, 0.15) is 5.69 Å². The summed E-state index contributed by atoms with van der Waals surface area (Å²) in [6.07, 6.45) is 1.79. The summed E-state index contributed by atoms with van der Waals surface area (Å²) in [5, 5.41) is 0. The fourth-order valence-electron chi connectivity index (χ4n) is 0.448. The standard InChI is InChI=1S/C6H7N.2BH4.Zn/c1-6-4-2-3-5-7-6;;;/h2-5H,1H3;2*1H4;/q;2*-1;+2. The number of aromatic nitrogens is 1. The number of hydrogen-bond donors (Lipinski definition) is 0. The first kappa shape index (κ1) is 16.5. The molecule has 0 radical (unpaired) electrons. The Morgan fingerprint density at radius 2 is 1.80 bits per heavy atom. The smallest absolute Gasteiger partial charge is 0.262 e. The Morgan fingerprint density at radius 3 is 2.00 bits per heavy atom. The monoisotopic (exact) mass is 187 g/mol. The van der Waals surface area contributed by atoms with Crippen LogP contribution in [0.2, 0.25) is 0 Å². The molecule has 0 saturated carbocycles. The molecule has 0 aliphatic heterocycles. The summed E-state index contributed by atoms with van der Waals surface area (Å²) >= 11 is 0. The summed E-state index contributed by atoms with van der Waals surface area (Å²) in [6.45, 7) is 1.97. The molecule has 10 heavy (non-hydrogen) atoms. The molecule has 0 aliphatic carbocycles. The molecule has 1 nitrogen and oxygen atoms in total. The van der Waals surface area contributed by atoms with Crippen LogP contribution in [0.5, 0.6) is 0 Å². The second-order valence-electron chi connectivity index (χ2n) is 1.47. The second kappa shape index (κ2) is 8.90. The molecule has 1 heterocycles.